The minimum absolute atomic E-state index is 0.0467. The Hall–Kier alpha value is -2.76. The van der Waals surface area contributed by atoms with Gasteiger partial charge in [-0.2, -0.15) is 0 Å². The standard InChI is InChI=1S/C26H28Cl2N2O3/c1-4-23(26(32)29-17(2)3)30(15-19-12-13-20(27)14-22(19)28)25(31)16-33-24-11-7-9-18-8-5-6-10-21(18)24/h5-14,17,23H,4,15-16H2,1-3H3,(H,29,32). The van der Waals surface area contributed by atoms with Gasteiger partial charge in [-0.15, -0.1) is 0 Å². The van der Waals surface area contributed by atoms with Crippen molar-refractivity contribution in [3.05, 3.63) is 76.3 Å². The van der Waals surface area contributed by atoms with Crippen molar-refractivity contribution in [2.75, 3.05) is 6.61 Å². The fourth-order valence-corrected chi connectivity index (χ4v) is 4.15. The van der Waals surface area contributed by atoms with Crippen LogP contribution in [0.1, 0.15) is 32.8 Å². The molecule has 174 valence electrons. The Labute approximate surface area is 204 Å². The molecule has 3 aromatic carbocycles. The molecule has 0 aliphatic heterocycles. The first-order chi connectivity index (χ1) is 15.8. The van der Waals surface area contributed by atoms with Crippen molar-refractivity contribution in [1.82, 2.24) is 10.2 Å². The molecule has 1 N–H and O–H groups in total. The number of benzene rings is 3. The molecule has 0 radical (unpaired) electrons. The molecule has 0 aromatic heterocycles. The third-order valence-electron chi connectivity index (χ3n) is 5.27. The van der Waals surface area contributed by atoms with Crippen LogP contribution in [-0.4, -0.2) is 35.4 Å². The van der Waals surface area contributed by atoms with Gasteiger partial charge in [-0.05, 0) is 49.4 Å². The van der Waals surface area contributed by atoms with Crippen molar-refractivity contribution in [3.63, 3.8) is 0 Å². The van der Waals surface area contributed by atoms with Crippen LogP contribution in [-0.2, 0) is 16.1 Å². The van der Waals surface area contributed by atoms with Gasteiger partial charge < -0.3 is 15.0 Å². The van der Waals surface area contributed by atoms with Gasteiger partial charge in [-0.25, -0.2) is 0 Å². The van der Waals surface area contributed by atoms with Crippen LogP contribution < -0.4 is 10.1 Å². The summed E-state index contributed by atoms with van der Waals surface area (Å²) in [6.07, 6.45) is 0.448. The van der Waals surface area contributed by atoms with E-state index >= 15 is 0 Å². The fourth-order valence-electron chi connectivity index (χ4n) is 3.68. The normalized spacial score (nSPS) is 11.9. The number of carbonyl (C=O) groups excluding carboxylic acids is 2. The minimum Gasteiger partial charge on any atom is -0.483 e. The third kappa shape index (κ3) is 6.40. The SMILES string of the molecule is CCC(C(=O)NC(C)C)N(Cc1ccc(Cl)cc1Cl)C(=O)COc1cccc2ccccc12. The van der Waals surface area contributed by atoms with Crippen molar-refractivity contribution in [2.45, 2.75) is 45.8 Å². The predicted octanol–water partition coefficient (Wildman–Crippen LogP) is 5.86. The van der Waals surface area contributed by atoms with Crippen LogP contribution in [0.3, 0.4) is 0 Å². The first kappa shape index (κ1) is 24.9. The van der Waals surface area contributed by atoms with Gasteiger partial charge in [0, 0.05) is 28.0 Å². The lowest BCUT2D eigenvalue weighted by Gasteiger charge is -2.31. The number of fused-ring (bicyclic) bond motifs is 1. The molecule has 0 heterocycles. The number of ether oxygens (including phenoxy) is 1. The highest BCUT2D eigenvalue weighted by atomic mass is 35.5. The second kappa shape index (κ2) is 11.4. The van der Waals surface area contributed by atoms with E-state index in [4.69, 9.17) is 27.9 Å². The highest BCUT2D eigenvalue weighted by molar-refractivity contribution is 6.35. The minimum atomic E-state index is -0.664. The van der Waals surface area contributed by atoms with Gasteiger partial charge in [0.05, 0.1) is 0 Å². The Morgan fingerprint density at radius 2 is 1.76 bits per heavy atom. The highest BCUT2D eigenvalue weighted by Crippen LogP contribution is 2.26. The highest BCUT2D eigenvalue weighted by Gasteiger charge is 2.29. The lowest BCUT2D eigenvalue weighted by molar-refractivity contribution is -0.143. The molecule has 0 bridgehead atoms. The number of halogens is 2. The molecule has 0 aliphatic rings. The van der Waals surface area contributed by atoms with E-state index in [2.05, 4.69) is 5.32 Å². The fraction of sp³-hybridized carbons (Fsp3) is 0.308. The summed E-state index contributed by atoms with van der Waals surface area (Å²) in [5.74, 6) is 0.0985. The van der Waals surface area contributed by atoms with Crippen molar-refractivity contribution >= 4 is 45.8 Å². The van der Waals surface area contributed by atoms with E-state index in [1.165, 1.54) is 4.90 Å². The largest absolute Gasteiger partial charge is 0.483 e. The van der Waals surface area contributed by atoms with Gasteiger partial charge in [0.25, 0.3) is 5.91 Å². The molecule has 33 heavy (non-hydrogen) atoms. The van der Waals surface area contributed by atoms with Gasteiger partial charge in [-0.1, -0.05) is 72.6 Å². The van der Waals surface area contributed by atoms with Gasteiger partial charge in [0.15, 0.2) is 6.61 Å². The topological polar surface area (TPSA) is 58.6 Å². The molecule has 1 atom stereocenters. The van der Waals surface area contributed by atoms with E-state index in [-0.39, 0.29) is 31.0 Å². The monoisotopic (exact) mass is 486 g/mol. The van der Waals surface area contributed by atoms with Gasteiger partial charge >= 0.3 is 0 Å². The first-order valence-corrected chi connectivity index (χ1v) is 11.7. The van der Waals surface area contributed by atoms with E-state index in [0.717, 1.165) is 10.8 Å². The molecule has 0 spiro atoms. The molecule has 2 amide bonds. The second-order valence-electron chi connectivity index (χ2n) is 8.11. The number of hydrogen-bond donors (Lipinski definition) is 1. The van der Waals surface area contributed by atoms with Gasteiger partial charge in [0.1, 0.15) is 11.8 Å². The van der Waals surface area contributed by atoms with Crippen LogP contribution in [0.15, 0.2) is 60.7 Å². The number of nitrogens with one attached hydrogen (secondary N) is 1. The van der Waals surface area contributed by atoms with E-state index in [0.29, 0.717) is 27.8 Å². The van der Waals surface area contributed by atoms with Crippen molar-refractivity contribution < 1.29 is 14.3 Å². The average molecular weight is 487 g/mol. The quantitative estimate of drug-likeness (QED) is 0.412. The van der Waals surface area contributed by atoms with Crippen LogP contribution in [0.2, 0.25) is 10.0 Å². The second-order valence-corrected chi connectivity index (χ2v) is 8.95. The summed E-state index contributed by atoms with van der Waals surface area (Å²) >= 11 is 12.4. The summed E-state index contributed by atoms with van der Waals surface area (Å²) in [5, 5.41) is 5.80. The molecule has 3 rings (SSSR count). The molecule has 1 unspecified atom stereocenters. The Balaban J connectivity index is 1.86. The molecule has 0 fully saturated rings. The Morgan fingerprint density at radius 3 is 2.45 bits per heavy atom. The van der Waals surface area contributed by atoms with E-state index in [1.54, 1.807) is 18.2 Å². The first-order valence-electron chi connectivity index (χ1n) is 10.9. The lowest BCUT2D eigenvalue weighted by atomic mass is 10.1. The Kier molecular flexibility index (Phi) is 8.59. The van der Waals surface area contributed by atoms with E-state index in [9.17, 15) is 9.59 Å². The van der Waals surface area contributed by atoms with Crippen molar-refractivity contribution in [1.29, 1.82) is 0 Å². The summed E-state index contributed by atoms with van der Waals surface area (Å²) < 4.78 is 5.93. The zero-order valence-electron chi connectivity index (χ0n) is 19.0. The van der Waals surface area contributed by atoms with Crippen LogP contribution in [0.5, 0.6) is 5.75 Å². The molecule has 0 saturated heterocycles. The number of amides is 2. The maximum Gasteiger partial charge on any atom is 0.261 e. The average Bonchev–Trinajstić information content (AvgIpc) is 2.78. The zero-order valence-corrected chi connectivity index (χ0v) is 20.5. The van der Waals surface area contributed by atoms with Crippen LogP contribution in [0.25, 0.3) is 10.8 Å². The number of nitrogens with zero attached hydrogens (tertiary/aromatic N) is 1. The van der Waals surface area contributed by atoms with Gasteiger partial charge in [0.2, 0.25) is 5.91 Å². The smallest absolute Gasteiger partial charge is 0.261 e. The molecular formula is C26H28Cl2N2O3. The van der Waals surface area contributed by atoms with Crippen molar-refractivity contribution in [3.8, 4) is 5.75 Å². The van der Waals surface area contributed by atoms with Gasteiger partial charge in [-0.3, -0.25) is 9.59 Å². The van der Waals surface area contributed by atoms with Crippen LogP contribution in [0, 0.1) is 0 Å². The summed E-state index contributed by atoms with van der Waals surface area (Å²) in [7, 11) is 0. The molecule has 3 aromatic rings. The summed E-state index contributed by atoms with van der Waals surface area (Å²) in [6.45, 7) is 5.61. The summed E-state index contributed by atoms with van der Waals surface area (Å²) in [6, 6.07) is 17.9. The van der Waals surface area contributed by atoms with Crippen LogP contribution >= 0.6 is 23.2 Å². The van der Waals surface area contributed by atoms with E-state index < -0.39 is 6.04 Å². The molecule has 0 saturated carbocycles. The molecule has 0 aliphatic carbocycles. The van der Waals surface area contributed by atoms with Crippen LogP contribution in [0.4, 0.5) is 0 Å². The Bertz CT molecular complexity index is 1130. The Morgan fingerprint density at radius 1 is 1.03 bits per heavy atom. The maximum atomic E-state index is 13.4. The number of hydrogen-bond acceptors (Lipinski definition) is 3. The molecular weight excluding hydrogens is 459 g/mol. The summed E-state index contributed by atoms with van der Waals surface area (Å²) in [4.78, 5) is 27.8. The maximum absolute atomic E-state index is 13.4. The predicted molar refractivity (Wildman–Crippen MR) is 134 cm³/mol. The number of rotatable bonds is 9. The lowest BCUT2D eigenvalue weighted by Crippen LogP contribution is -2.51. The van der Waals surface area contributed by atoms with Crippen molar-refractivity contribution in [2.24, 2.45) is 0 Å². The zero-order chi connectivity index (χ0) is 24.0. The third-order valence-corrected chi connectivity index (χ3v) is 5.86. The summed E-state index contributed by atoms with van der Waals surface area (Å²) in [5.41, 5.74) is 0.704. The molecule has 7 heteroatoms. The van der Waals surface area contributed by atoms with E-state index in [1.807, 2.05) is 63.2 Å². The molecule has 5 nitrogen and oxygen atoms in total. The number of carbonyl (C=O) groups is 2.